The fourth-order valence-electron chi connectivity index (χ4n) is 6.62. The van der Waals surface area contributed by atoms with Crippen molar-refractivity contribution in [2.24, 2.45) is 11.8 Å². The van der Waals surface area contributed by atoms with Crippen LogP contribution in [0, 0.1) is 22.0 Å². The first kappa shape index (κ1) is 31.1. The average Bonchev–Trinajstić information content (AvgIpc) is 3.49. The number of carboxylic acids is 1. The van der Waals surface area contributed by atoms with Gasteiger partial charge in [-0.2, -0.15) is 0 Å². The molecule has 2 fully saturated rings. The quantitative estimate of drug-likeness (QED) is 0.173. The minimum atomic E-state index is -1.92. The lowest BCUT2D eigenvalue weighted by molar-refractivity contribution is -0.384. The molecule has 3 aromatic rings. The number of nitrogens with zero attached hydrogens (tertiary/aromatic N) is 2. The largest absolute Gasteiger partial charge is 0.493 e. The van der Waals surface area contributed by atoms with E-state index in [1.54, 1.807) is 12.1 Å². The molecule has 4 unspecified atom stereocenters. The summed E-state index contributed by atoms with van der Waals surface area (Å²) < 4.78 is 11.5. The highest BCUT2D eigenvalue weighted by atomic mass is 79.9. The molecule has 2 aliphatic heterocycles. The summed E-state index contributed by atoms with van der Waals surface area (Å²) in [7, 11) is 2.95. The number of amides is 2. The van der Waals surface area contributed by atoms with Crippen molar-refractivity contribution in [3.63, 3.8) is 0 Å². The fraction of sp³-hybridized carbons (Fsp3) is 0.344. The van der Waals surface area contributed by atoms with Gasteiger partial charge in [0.25, 0.3) is 5.69 Å². The van der Waals surface area contributed by atoms with E-state index in [9.17, 15) is 29.6 Å². The van der Waals surface area contributed by atoms with Gasteiger partial charge in [-0.1, -0.05) is 44.2 Å². The number of nitro groups is 1. The summed E-state index contributed by atoms with van der Waals surface area (Å²) in [5, 5.41) is 25.3. The van der Waals surface area contributed by atoms with E-state index in [0.29, 0.717) is 45.6 Å². The number of methoxy groups -OCH3 is 2. The Morgan fingerprint density at radius 1 is 1.05 bits per heavy atom. The molecule has 12 heteroatoms. The molecule has 0 bridgehead atoms. The number of halogens is 1. The summed E-state index contributed by atoms with van der Waals surface area (Å²) >= 11 is 3.50. The Labute approximate surface area is 262 Å². The SMILES string of the molecule is CCc1cccc(CC)c1N1C(=O)C2C(c3cc(Br)c(OC)c(OC)c3)NC(Cc3ccc([N+](=O)[O-])cc3)(C(=O)O)C2C1=O. The van der Waals surface area contributed by atoms with Crippen molar-refractivity contribution in [3.05, 3.63) is 91.4 Å². The minimum Gasteiger partial charge on any atom is -0.493 e. The highest BCUT2D eigenvalue weighted by Crippen LogP contribution is 2.53. The molecule has 2 saturated heterocycles. The van der Waals surface area contributed by atoms with Gasteiger partial charge in [0.05, 0.1) is 41.1 Å². The van der Waals surface area contributed by atoms with E-state index in [4.69, 9.17) is 9.47 Å². The lowest BCUT2D eigenvalue weighted by atomic mass is 9.76. The maximum Gasteiger partial charge on any atom is 0.325 e. The molecular weight excluding hydrogens is 634 g/mol. The van der Waals surface area contributed by atoms with Crippen molar-refractivity contribution < 1.29 is 33.9 Å². The van der Waals surface area contributed by atoms with Crippen LogP contribution in [0.25, 0.3) is 0 Å². The van der Waals surface area contributed by atoms with Gasteiger partial charge < -0.3 is 14.6 Å². The summed E-state index contributed by atoms with van der Waals surface area (Å²) in [6.07, 6.45) is 0.925. The first-order valence-electron chi connectivity index (χ1n) is 14.2. The first-order chi connectivity index (χ1) is 21.0. The highest BCUT2D eigenvalue weighted by molar-refractivity contribution is 9.10. The second kappa shape index (κ2) is 12.0. The van der Waals surface area contributed by atoms with Gasteiger partial charge in [-0.05, 0) is 63.2 Å². The zero-order valence-electron chi connectivity index (χ0n) is 24.6. The highest BCUT2D eigenvalue weighted by Gasteiger charge is 2.69. The summed E-state index contributed by atoms with van der Waals surface area (Å²) in [6, 6.07) is 13.6. The molecule has 0 aromatic heterocycles. The van der Waals surface area contributed by atoms with Crippen LogP contribution in [0.3, 0.4) is 0 Å². The molecule has 0 saturated carbocycles. The van der Waals surface area contributed by atoms with Gasteiger partial charge in [-0.15, -0.1) is 0 Å². The molecule has 2 heterocycles. The minimum absolute atomic E-state index is 0.148. The van der Waals surface area contributed by atoms with Gasteiger partial charge in [-0.25, -0.2) is 4.90 Å². The summed E-state index contributed by atoms with van der Waals surface area (Å²) in [5.74, 6) is -3.99. The van der Waals surface area contributed by atoms with Crippen molar-refractivity contribution in [2.45, 2.75) is 44.7 Å². The maximum atomic E-state index is 14.5. The summed E-state index contributed by atoms with van der Waals surface area (Å²) in [6.45, 7) is 3.87. The van der Waals surface area contributed by atoms with Crippen molar-refractivity contribution >= 4 is 45.1 Å². The normalized spacial score (nSPS) is 22.7. The number of benzene rings is 3. The second-order valence-corrected chi connectivity index (χ2v) is 11.7. The smallest absolute Gasteiger partial charge is 0.325 e. The number of fused-ring (bicyclic) bond motifs is 1. The predicted octanol–water partition coefficient (Wildman–Crippen LogP) is 5.02. The Kier molecular flexibility index (Phi) is 8.50. The van der Waals surface area contributed by atoms with Crippen LogP contribution >= 0.6 is 15.9 Å². The molecule has 2 amide bonds. The van der Waals surface area contributed by atoms with E-state index < -0.39 is 46.1 Å². The number of para-hydroxylation sites is 1. The monoisotopic (exact) mass is 665 g/mol. The number of carboxylic acid groups (broad SMARTS) is 1. The van der Waals surface area contributed by atoms with Crippen molar-refractivity contribution in [1.29, 1.82) is 0 Å². The maximum absolute atomic E-state index is 14.5. The second-order valence-electron chi connectivity index (χ2n) is 10.9. The molecule has 11 nitrogen and oxygen atoms in total. The van der Waals surface area contributed by atoms with Crippen LogP contribution in [0.5, 0.6) is 11.5 Å². The van der Waals surface area contributed by atoms with Crippen molar-refractivity contribution in [2.75, 3.05) is 19.1 Å². The third-order valence-electron chi connectivity index (χ3n) is 8.67. The van der Waals surface area contributed by atoms with Crippen LogP contribution in [0.2, 0.25) is 0 Å². The molecule has 230 valence electrons. The molecule has 0 radical (unpaired) electrons. The number of non-ortho nitro benzene ring substituents is 1. The number of ether oxygens (including phenoxy) is 2. The van der Waals surface area contributed by atoms with E-state index >= 15 is 0 Å². The Hall–Kier alpha value is -4.29. The van der Waals surface area contributed by atoms with Gasteiger partial charge in [0, 0.05) is 24.6 Å². The van der Waals surface area contributed by atoms with Crippen LogP contribution in [0.15, 0.2) is 59.1 Å². The molecule has 0 aliphatic carbocycles. The van der Waals surface area contributed by atoms with E-state index in [1.165, 1.54) is 43.4 Å². The van der Waals surface area contributed by atoms with Gasteiger partial charge in [0.15, 0.2) is 11.5 Å². The zero-order valence-corrected chi connectivity index (χ0v) is 26.2. The van der Waals surface area contributed by atoms with Crippen LogP contribution in [-0.2, 0) is 33.6 Å². The molecule has 44 heavy (non-hydrogen) atoms. The molecule has 3 aromatic carbocycles. The van der Waals surface area contributed by atoms with Crippen molar-refractivity contribution in [3.8, 4) is 11.5 Å². The number of carbonyl (C=O) groups excluding carboxylic acids is 2. The van der Waals surface area contributed by atoms with E-state index in [1.807, 2.05) is 32.0 Å². The van der Waals surface area contributed by atoms with Gasteiger partial charge in [0.2, 0.25) is 11.8 Å². The van der Waals surface area contributed by atoms with Crippen LogP contribution < -0.4 is 19.7 Å². The van der Waals surface area contributed by atoms with Crippen LogP contribution in [0.1, 0.15) is 42.1 Å². The Bertz CT molecular complexity index is 1640. The standard InChI is InChI=1S/C32H32BrN3O8/c1-5-18-8-7-9-19(6-2)27(18)35-29(37)24-25(30(35)38)32(31(39)40,16-17-10-12-21(13-11-17)36(41)42)34-26(24)20-14-22(33)28(44-4)23(15-20)43-3/h7-15,24-26,34H,5-6,16H2,1-4H3,(H,39,40). The fourth-order valence-corrected chi connectivity index (χ4v) is 7.24. The number of hydrogen-bond donors (Lipinski definition) is 2. The number of nitrogens with one attached hydrogen (secondary N) is 1. The average molecular weight is 667 g/mol. The lowest BCUT2D eigenvalue weighted by Crippen LogP contribution is -2.57. The predicted molar refractivity (Wildman–Crippen MR) is 165 cm³/mol. The molecular formula is C32H32BrN3O8. The molecule has 5 rings (SSSR count). The zero-order chi connectivity index (χ0) is 31.9. The number of carbonyl (C=O) groups is 3. The molecule has 2 N–H and O–H groups in total. The summed E-state index contributed by atoms with van der Waals surface area (Å²) in [4.78, 5) is 54.2. The van der Waals surface area contributed by atoms with E-state index in [-0.39, 0.29) is 12.1 Å². The number of imide groups is 1. The Balaban J connectivity index is 1.71. The van der Waals surface area contributed by atoms with E-state index in [0.717, 1.165) is 11.1 Å². The van der Waals surface area contributed by atoms with Gasteiger partial charge in [-0.3, -0.25) is 29.8 Å². The number of anilines is 1. The summed E-state index contributed by atoms with van der Waals surface area (Å²) in [5.41, 5.74) is 1.04. The number of aryl methyl sites for hydroxylation is 2. The van der Waals surface area contributed by atoms with Crippen molar-refractivity contribution in [1.82, 2.24) is 5.32 Å². The Morgan fingerprint density at radius 2 is 1.68 bits per heavy atom. The van der Waals surface area contributed by atoms with Crippen LogP contribution in [0.4, 0.5) is 11.4 Å². The number of hydrogen-bond acceptors (Lipinski definition) is 8. The topological polar surface area (TPSA) is 148 Å². The van der Waals surface area contributed by atoms with E-state index in [2.05, 4.69) is 21.2 Å². The third kappa shape index (κ3) is 4.91. The first-order valence-corrected chi connectivity index (χ1v) is 15.0. The third-order valence-corrected chi connectivity index (χ3v) is 9.26. The lowest BCUT2D eigenvalue weighted by Gasteiger charge is -2.32. The molecule has 2 aliphatic rings. The number of rotatable bonds is 10. The molecule has 0 spiro atoms. The molecule has 4 atom stereocenters. The van der Waals surface area contributed by atoms with Gasteiger partial charge in [0.1, 0.15) is 5.54 Å². The number of nitro benzene ring substituents is 1. The van der Waals surface area contributed by atoms with Crippen LogP contribution in [-0.4, -0.2) is 47.6 Å². The Morgan fingerprint density at radius 3 is 2.20 bits per heavy atom. The van der Waals surface area contributed by atoms with Gasteiger partial charge >= 0.3 is 5.97 Å². The number of aliphatic carboxylic acids is 1.